The van der Waals surface area contributed by atoms with E-state index in [1.807, 2.05) is 23.6 Å². The molecule has 43 heavy (non-hydrogen) atoms. The van der Waals surface area contributed by atoms with Crippen molar-refractivity contribution in [1.29, 1.82) is 0 Å². The molecule has 10 heteroatoms. The molecule has 0 radical (unpaired) electrons. The van der Waals surface area contributed by atoms with Gasteiger partial charge in [-0.1, -0.05) is 77.3 Å². The van der Waals surface area contributed by atoms with Crippen molar-refractivity contribution in [1.82, 2.24) is 13.7 Å². The van der Waals surface area contributed by atoms with Gasteiger partial charge < -0.3 is 21.5 Å². The molecule has 2 aromatic heterocycles. The number of fused-ring (bicyclic) bond motifs is 2. The molecule has 0 fully saturated rings. The molecule has 6 nitrogen and oxygen atoms in total. The third kappa shape index (κ3) is 7.52. The topological polar surface area (TPSA) is 54.7 Å². The van der Waals surface area contributed by atoms with Crippen molar-refractivity contribution in [2.24, 2.45) is 0 Å². The molecule has 230 valence electrons. The zero-order valence-electron chi connectivity index (χ0n) is 25.3. The summed E-state index contributed by atoms with van der Waals surface area (Å²) >= 11 is 7.81. The molecule has 0 aliphatic carbocycles. The highest BCUT2D eigenvalue weighted by Gasteiger charge is 2.32. The number of thiazole rings is 1. The molecule has 0 saturated heterocycles. The van der Waals surface area contributed by atoms with Crippen LogP contribution in [0.5, 0.6) is 0 Å². The Morgan fingerprint density at radius 1 is 0.930 bits per heavy atom. The van der Waals surface area contributed by atoms with Crippen LogP contribution in [0.1, 0.15) is 48.9 Å². The van der Waals surface area contributed by atoms with Crippen LogP contribution in [0.15, 0.2) is 77.3 Å². The van der Waals surface area contributed by atoms with Gasteiger partial charge in [0.15, 0.2) is 15.1 Å². The van der Waals surface area contributed by atoms with E-state index in [1.165, 1.54) is 28.0 Å². The van der Waals surface area contributed by atoms with Crippen molar-refractivity contribution in [3.05, 3.63) is 99.6 Å². The highest BCUT2D eigenvalue weighted by atomic mass is 79.9. The van der Waals surface area contributed by atoms with Crippen molar-refractivity contribution in [3.8, 4) is 0 Å². The predicted octanol–water partition coefficient (Wildman–Crippen LogP) is 4.85. The standard InChI is InChI=1S/C33H40ClN4O2S2.BrH/c1-5-38(6-2,24-28-20-25(3)19-26(4)21-28)17-10-9-15-36(23-27-13-14-29-11-7-8-12-30(29)22-27)42(39,40)32-31(34)35-33-37(32)16-18-41-33;/h7-8,11-14,16,18-22H,5-6,9-10,15,17,23-24H2,1-4H3;1H/q+1;/p-1. The quantitative estimate of drug-likeness (QED) is 0.130. The van der Waals surface area contributed by atoms with E-state index in [0.717, 1.165) is 59.8 Å². The maximum Gasteiger partial charge on any atom is 0.262 e. The van der Waals surface area contributed by atoms with Gasteiger partial charge in [0, 0.05) is 30.2 Å². The summed E-state index contributed by atoms with van der Waals surface area (Å²) in [5.41, 5.74) is 4.90. The van der Waals surface area contributed by atoms with Gasteiger partial charge in [0.1, 0.15) is 6.54 Å². The second kappa shape index (κ2) is 14.2. The molecule has 0 aliphatic rings. The van der Waals surface area contributed by atoms with Crippen LogP contribution in [0.25, 0.3) is 15.7 Å². The number of hydrogen-bond donors (Lipinski definition) is 0. The second-order valence-electron chi connectivity index (χ2n) is 11.3. The van der Waals surface area contributed by atoms with Crippen LogP contribution in [-0.2, 0) is 23.1 Å². The normalized spacial score (nSPS) is 12.3. The monoisotopic (exact) mass is 702 g/mol. The zero-order chi connectivity index (χ0) is 29.9. The summed E-state index contributed by atoms with van der Waals surface area (Å²) in [6.45, 7) is 13.5. The minimum atomic E-state index is -3.92. The first-order valence-corrected chi connectivity index (χ1v) is 17.3. The Kier molecular flexibility index (Phi) is 11.1. The van der Waals surface area contributed by atoms with Crippen molar-refractivity contribution in [2.45, 2.75) is 58.7 Å². The van der Waals surface area contributed by atoms with Gasteiger partial charge >= 0.3 is 0 Å². The maximum absolute atomic E-state index is 14.2. The Labute approximate surface area is 275 Å². The summed E-state index contributed by atoms with van der Waals surface area (Å²) < 4.78 is 32.5. The van der Waals surface area contributed by atoms with Gasteiger partial charge in [-0.25, -0.2) is 13.4 Å². The fourth-order valence-electron chi connectivity index (χ4n) is 6.04. The summed E-state index contributed by atoms with van der Waals surface area (Å²) in [4.78, 5) is 4.88. The fraction of sp³-hybridized carbons (Fsp3) is 0.364. The molecule has 0 unspecified atom stereocenters. The smallest absolute Gasteiger partial charge is 0.262 e. The molecule has 5 aromatic rings. The van der Waals surface area contributed by atoms with Crippen LogP contribution in [0.4, 0.5) is 0 Å². The number of hydrogen-bond acceptors (Lipinski definition) is 4. The Hall–Kier alpha value is -2.27. The summed E-state index contributed by atoms with van der Waals surface area (Å²) in [5, 5.41) is 4.12. The molecule has 0 saturated carbocycles. The Morgan fingerprint density at radius 3 is 2.33 bits per heavy atom. The van der Waals surface area contributed by atoms with E-state index in [1.54, 1.807) is 14.9 Å². The number of unbranched alkanes of at least 4 members (excludes halogenated alkanes) is 1. The Morgan fingerprint density at radius 2 is 1.63 bits per heavy atom. The lowest BCUT2D eigenvalue weighted by molar-refractivity contribution is -0.938. The molecule has 2 heterocycles. The summed E-state index contributed by atoms with van der Waals surface area (Å²) in [6, 6.07) is 21.1. The second-order valence-corrected chi connectivity index (χ2v) is 14.4. The van der Waals surface area contributed by atoms with Gasteiger partial charge in [0.05, 0.1) is 19.6 Å². The minimum Gasteiger partial charge on any atom is -1.00 e. The molecular formula is C33H40BrClN4O2S2. The van der Waals surface area contributed by atoms with Gasteiger partial charge in [0.25, 0.3) is 10.0 Å². The first-order valence-electron chi connectivity index (χ1n) is 14.7. The molecular weight excluding hydrogens is 664 g/mol. The number of halogens is 2. The van der Waals surface area contributed by atoms with Crippen molar-refractivity contribution in [3.63, 3.8) is 0 Å². The van der Waals surface area contributed by atoms with Crippen molar-refractivity contribution in [2.75, 3.05) is 26.2 Å². The summed E-state index contributed by atoms with van der Waals surface area (Å²) in [5.74, 6) is 0. The molecule has 3 aromatic carbocycles. The molecule has 0 aliphatic heterocycles. The van der Waals surface area contributed by atoms with Crippen molar-refractivity contribution < 1.29 is 29.9 Å². The van der Waals surface area contributed by atoms with E-state index in [0.29, 0.717) is 11.5 Å². The largest absolute Gasteiger partial charge is 1.00 e. The average Bonchev–Trinajstić information content (AvgIpc) is 3.53. The zero-order valence-corrected chi connectivity index (χ0v) is 29.2. The number of nitrogens with zero attached hydrogens (tertiary/aromatic N) is 4. The number of sulfonamides is 1. The summed E-state index contributed by atoms with van der Waals surface area (Å²) in [6.07, 6.45) is 3.40. The first kappa shape index (κ1) is 33.6. The molecule has 0 amide bonds. The number of imidazole rings is 1. The van der Waals surface area contributed by atoms with Gasteiger partial charge in [-0.05, 0) is 62.9 Å². The van der Waals surface area contributed by atoms with E-state index in [2.05, 4.69) is 75.1 Å². The van der Waals surface area contributed by atoms with Crippen LogP contribution in [-0.4, -0.2) is 52.8 Å². The van der Waals surface area contributed by atoms with Crippen LogP contribution >= 0.6 is 22.9 Å². The van der Waals surface area contributed by atoms with E-state index in [-0.39, 0.29) is 33.7 Å². The van der Waals surface area contributed by atoms with Crippen molar-refractivity contribution >= 4 is 48.7 Å². The maximum atomic E-state index is 14.2. The van der Waals surface area contributed by atoms with E-state index in [9.17, 15) is 8.42 Å². The number of aromatic nitrogens is 2. The Balaban J connectivity index is 0.00000423. The number of rotatable bonds is 13. The molecule has 0 atom stereocenters. The van der Waals surface area contributed by atoms with Crippen LogP contribution < -0.4 is 17.0 Å². The third-order valence-corrected chi connectivity index (χ3v) is 11.4. The lowest BCUT2D eigenvalue weighted by Gasteiger charge is -2.37. The van der Waals surface area contributed by atoms with Gasteiger partial charge in [0.2, 0.25) is 0 Å². The lowest BCUT2D eigenvalue weighted by atomic mass is 10.1. The number of quaternary nitrogens is 1. The fourth-order valence-corrected chi connectivity index (χ4v) is 8.92. The molecule has 0 spiro atoms. The van der Waals surface area contributed by atoms with Crippen LogP contribution in [0.3, 0.4) is 0 Å². The lowest BCUT2D eigenvalue weighted by Crippen LogP contribution is -3.00. The van der Waals surface area contributed by atoms with Crippen LogP contribution in [0, 0.1) is 13.8 Å². The minimum absolute atomic E-state index is 0. The average molecular weight is 704 g/mol. The Bertz CT molecular complexity index is 1780. The van der Waals surface area contributed by atoms with Gasteiger partial charge in [-0.3, -0.25) is 4.40 Å². The third-order valence-electron chi connectivity index (χ3n) is 8.37. The predicted molar refractivity (Wildman–Crippen MR) is 175 cm³/mol. The molecule has 5 rings (SSSR count). The van der Waals surface area contributed by atoms with Crippen LogP contribution in [0.2, 0.25) is 5.15 Å². The SMILES string of the molecule is CC[N+](CC)(CCCCN(Cc1ccc2ccccc2c1)S(=O)(=O)c1c(Cl)nc2sccn12)Cc1cc(C)cc(C)c1.[Br-]. The molecule has 0 bridgehead atoms. The summed E-state index contributed by atoms with van der Waals surface area (Å²) in [7, 11) is -3.92. The van der Waals surface area contributed by atoms with Gasteiger partial charge in [-0.2, -0.15) is 4.31 Å². The van der Waals surface area contributed by atoms with E-state index >= 15 is 0 Å². The number of benzene rings is 3. The van der Waals surface area contributed by atoms with E-state index in [4.69, 9.17) is 11.6 Å². The number of aryl methyl sites for hydroxylation is 2. The van der Waals surface area contributed by atoms with E-state index < -0.39 is 10.0 Å². The van der Waals surface area contributed by atoms with Gasteiger partial charge in [-0.15, -0.1) is 11.3 Å². The highest BCUT2D eigenvalue weighted by Crippen LogP contribution is 2.30. The highest BCUT2D eigenvalue weighted by molar-refractivity contribution is 7.89. The first-order chi connectivity index (χ1) is 20.1. The molecule has 0 N–H and O–H groups in total.